The number of nitrogens with zero attached hydrogens (tertiary/aromatic N) is 2. The van der Waals surface area contributed by atoms with E-state index in [-0.39, 0.29) is 0 Å². The summed E-state index contributed by atoms with van der Waals surface area (Å²) in [6.45, 7) is 2.78. The molecule has 0 aliphatic heterocycles. The van der Waals surface area contributed by atoms with Crippen LogP contribution in [0.15, 0.2) is 54.6 Å². The molecule has 0 bridgehead atoms. The molecule has 0 aliphatic rings. The Hall–Kier alpha value is -2.75. The van der Waals surface area contributed by atoms with Crippen molar-refractivity contribution in [3.8, 4) is 16.9 Å². The van der Waals surface area contributed by atoms with Crippen LogP contribution in [-0.2, 0) is 13.0 Å². The molecule has 0 aliphatic carbocycles. The third kappa shape index (κ3) is 3.06. The average molecular weight is 307 g/mol. The standard InChI is InChI=1S/C19H21N3O/c1-3-17-18(15-9-11-16(23-2)12-10-15)19(20)22(21-17)13-14-7-5-4-6-8-14/h4-12H,3,13,20H2,1-2H3. The number of rotatable bonds is 5. The second-order valence-electron chi connectivity index (χ2n) is 5.43. The van der Waals surface area contributed by atoms with Crippen LogP contribution >= 0.6 is 0 Å². The van der Waals surface area contributed by atoms with E-state index in [1.807, 2.05) is 47.1 Å². The summed E-state index contributed by atoms with van der Waals surface area (Å²) in [6, 6.07) is 18.2. The fourth-order valence-electron chi connectivity index (χ4n) is 2.72. The maximum atomic E-state index is 6.40. The van der Waals surface area contributed by atoms with E-state index in [0.717, 1.165) is 29.0 Å². The summed E-state index contributed by atoms with van der Waals surface area (Å²) in [5, 5.41) is 4.70. The van der Waals surface area contributed by atoms with Crippen LogP contribution in [0.2, 0.25) is 0 Å². The molecule has 0 unspecified atom stereocenters. The van der Waals surface area contributed by atoms with Gasteiger partial charge in [-0.15, -0.1) is 0 Å². The molecule has 23 heavy (non-hydrogen) atoms. The van der Waals surface area contributed by atoms with Gasteiger partial charge in [0.25, 0.3) is 0 Å². The van der Waals surface area contributed by atoms with Gasteiger partial charge in [0, 0.05) is 5.56 Å². The zero-order valence-corrected chi connectivity index (χ0v) is 13.5. The molecule has 0 amide bonds. The molecule has 1 heterocycles. The molecule has 0 spiro atoms. The van der Waals surface area contributed by atoms with Crippen LogP contribution in [0, 0.1) is 0 Å². The van der Waals surface area contributed by atoms with Crippen LogP contribution in [0.3, 0.4) is 0 Å². The van der Waals surface area contributed by atoms with Gasteiger partial charge in [-0.05, 0) is 29.7 Å². The predicted molar refractivity (Wildman–Crippen MR) is 93.5 cm³/mol. The van der Waals surface area contributed by atoms with Crippen molar-refractivity contribution in [1.82, 2.24) is 9.78 Å². The number of nitrogen functional groups attached to an aromatic ring is 1. The normalized spacial score (nSPS) is 10.7. The highest BCUT2D eigenvalue weighted by molar-refractivity contribution is 5.77. The third-order valence-corrected chi connectivity index (χ3v) is 3.95. The number of benzene rings is 2. The molecule has 1 aromatic heterocycles. The van der Waals surface area contributed by atoms with E-state index in [4.69, 9.17) is 15.6 Å². The first-order valence-electron chi connectivity index (χ1n) is 7.76. The first-order chi connectivity index (χ1) is 11.2. The van der Waals surface area contributed by atoms with Gasteiger partial charge in [0.05, 0.1) is 19.3 Å². The lowest BCUT2D eigenvalue weighted by Gasteiger charge is -2.06. The van der Waals surface area contributed by atoms with Crippen LogP contribution in [0.4, 0.5) is 5.82 Å². The van der Waals surface area contributed by atoms with Crippen molar-refractivity contribution in [2.24, 2.45) is 0 Å². The van der Waals surface area contributed by atoms with E-state index in [9.17, 15) is 0 Å². The molecule has 2 aromatic carbocycles. The quantitative estimate of drug-likeness (QED) is 0.781. The van der Waals surface area contributed by atoms with Crippen molar-refractivity contribution < 1.29 is 4.74 Å². The lowest BCUT2D eigenvalue weighted by atomic mass is 10.0. The van der Waals surface area contributed by atoms with Gasteiger partial charge in [-0.1, -0.05) is 49.4 Å². The van der Waals surface area contributed by atoms with Gasteiger partial charge in [-0.2, -0.15) is 5.10 Å². The Labute approximate surface area is 136 Å². The molecule has 3 rings (SSSR count). The summed E-state index contributed by atoms with van der Waals surface area (Å²) in [5.41, 5.74) is 10.7. The highest BCUT2D eigenvalue weighted by Crippen LogP contribution is 2.31. The highest BCUT2D eigenvalue weighted by Gasteiger charge is 2.16. The number of nitrogens with two attached hydrogens (primary N) is 1. The van der Waals surface area contributed by atoms with Crippen LogP contribution in [0.25, 0.3) is 11.1 Å². The molecular weight excluding hydrogens is 286 g/mol. The summed E-state index contributed by atoms with van der Waals surface area (Å²) < 4.78 is 7.11. The van der Waals surface area contributed by atoms with Crippen LogP contribution in [0.5, 0.6) is 5.75 Å². The summed E-state index contributed by atoms with van der Waals surface area (Å²) in [7, 11) is 1.67. The monoisotopic (exact) mass is 307 g/mol. The van der Waals surface area contributed by atoms with Gasteiger partial charge in [0.1, 0.15) is 11.6 Å². The fourth-order valence-corrected chi connectivity index (χ4v) is 2.72. The molecule has 4 heteroatoms. The van der Waals surface area contributed by atoms with Crippen molar-refractivity contribution >= 4 is 5.82 Å². The molecular formula is C19H21N3O. The maximum absolute atomic E-state index is 6.40. The Kier molecular flexibility index (Phi) is 4.33. The highest BCUT2D eigenvalue weighted by atomic mass is 16.5. The number of hydrogen-bond acceptors (Lipinski definition) is 3. The Morgan fingerprint density at radius 2 is 1.74 bits per heavy atom. The number of aromatic nitrogens is 2. The molecule has 3 aromatic rings. The van der Waals surface area contributed by atoms with Gasteiger partial charge < -0.3 is 10.5 Å². The lowest BCUT2D eigenvalue weighted by molar-refractivity contribution is 0.415. The SMILES string of the molecule is CCc1nn(Cc2ccccc2)c(N)c1-c1ccc(OC)cc1. The van der Waals surface area contributed by atoms with Gasteiger partial charge >= 0.3 is 0 Å². The largest absolute Gasteiger partial charge is 0.497 e. The minimum atomic E-state index is 0.676. The van der Waals surface area contributed by atoms with Crippen molar-refractivity contribution in [1.29, 1.82) is 0 Å². The van der Waals surface area contributed by atoms with Gasteiger partial charge in [-0.3, -0.25) is 0 Å². The molecule has 0 saturated carbocycles. The van der Waals surface area contributed by atoms with Crippen molar-refractivity contribution in [3.05, 3.63) is 65.9 Å². The molecule has 4 nitrogen and oxygen atoms in total. The zero-order valence-electron chi connectivity index (χ0n) is 13.5. The molecule has 0 radical (unpaired) electrons. The van der Waals surface area contributed by atoms with E-state index < -0.39 is 0 Å². The first-order valence-corrected chi connectivity index (χ1v) is 7.76. The van der Waals surface area contributed by atoms with Gasteiger partial charge in [0.2, 0.25) is 0 Å². The summed E-state index contributed by atoms with van der Waals surface area (Å²) in [5.74, 6) is 1.54. The summed E-state index contributed by atoms with van der Waals surface area (Å²) >= 11 is 0. The number of ether oxygens (including phenoxy) is 1. The molecule has 118 valence electrons. The maximum Gasteiger partial charge on any atom is 0.130 e. The Morgan fingerprint density at radius 3 is 2.35 bits per heavy atom. The second-order valence-corrected chi connectivity index (χ2v) is 5.43. The Balaban J connectivity index is 1.99. The number of methoxy groups -OCH3 is 1. The van der Waals surface area contributed by atoms with E-state index in [0.29, 0.717) is 12.4 Å². The van der Waals surface area contributed by atoms with Gasteiger partial charge in [0.15, 0.2) is 0 Å². The minimum absolute atomic E-state index is 0.676. The summed E-state index contributed by atoms with van der Waals surface area (Å²) in [6.07, 6.45) is 0.841. The molecule has 0 saturated heterocycles. The summed E-state index contributed by atoms with van der Waals surface area (Å²) in [4.78, 5) is 0. The number of aryl methyl sites for hydroxylation is 1. The fraction of sp³-hybridized carbons (Fsp3) is 0.211. The average Bonchev–Trinajstić information content (AvgIpc) is 2.92. The Morgan fingerprint density at radius 1 is 1.04 bits per heavy atom. The predicted octanol–water partition coefficient (Wildman–Crippen LogP) is 3.75. The molecule has 0 atom stereocenters. The van der Waals surface area contributed by atoms with Crippen molar-refractivity contribution in [2.45, 2.75) is 19.9 Å². The van der Waals surface area contributed by atoms with Crippen LogP contribution in [-0.4, -0.2) is 16.9 Å². The molecule has 2 N–H and O–H groups in total. The number of hydrogen-bond donors (Lipinski definition) is 1. The number of anilines is 1. The van der Waals surface area contributed by atoms with E-state index in [2.05, 4.69) is 19.1 Å². The third-order valence-electron chi connectivity index (χ3n) is 3.95. The minimum Gasteiger partial charge on any atom is -0.497 e. The second kappa shape index (κ2) is 6.57. The zero-order chi connectivity index (χ0) is 16.2. The smallest absolute Gasteiger partial charge is 0.130 e. The van der Waals surface area contributed by atoms with Crippen LogP contribution in [0.1, 0.15) is 18.2 Å². The van der Waals surface area contributed by atoms with E-state index in [1.165, 1.54) is 5.56 Å². The van der Waals surface area contributed by atoms with Gasteiger partial charge in [-0.25, -0.2) is 4.68 Å². The Bertz CT molecular complexity index is 776. The van der Waals surface area contributed by atoms with E-state index >= 15 is 0 Å². The molecule has 0 fully saturated rings. The lowest BCUT2D eigenvalue weighted by Crippen LogP contribution is -2.06. The van der Waals surface area contributed by atoms with Crippen molar-refractivity contribution in [3.63, 3.8) is 0 Å². The first kappa shape index (κ1) is 15.2. The van der Waals surface area contributed by atoms with E-state index in [1.54, 1.807) is 7.11 Å². The van der Waals surface area contributed by atoms with Crippen molar-refractivity contribution in [2.75, 3.05) is 12.8 Å². The topological polar surface area (TPSA) is 53.1 Å². The van der Waals surface area contributed by atoms with Crippen LogP contribution < -0.4 is 10.5 Å².